The van der Waals surface area contributed by atoms with E-state index < -0.39 is 0 Å². The van der Waals surface area contributed by atoms with Crippen molar-refractivity contribution in [1.82, 2.24) is 10.2 Å². The molecule has 1 heterocycles. The summed E-state index contributed by atoms with van der Waals surface area (Å²) < 4.78 is 0. The average molecular weight is 235 g/mol. The Labute approximate surface area is 101 Å². The highest BCUT2D eigenvalue weighted by atomic mass is 16.6. The summed E-state index contributed by atoms with van der Waals surface area (Å²) in [6, 6.07) is 7.42. The van der Waals surface area contributed by atoms with Crippen molar-refractivity contribution in [1.29, 1.82) is 0 Å². The van der Waals surface area contributed by atoms with E-state index in [0.717, 1.165) is 25.2 Å². The summed E-state index contributed by atoms with van der Waals surface area (Å²) in [5, 5.41) is 14.3. The first kappa shape index (κ1) is 12.0. The van der Waals surface area contributed by atoms with E-state index in [9.17, 15) is 10.1 Å². The number of hydrogen-bond acceptors (Lipinski definition) is 4. The second kappa shape index (κ2) is 5.25. The summed E-state index contributed by atoms with van der Waals surface area (Å²) >= 11 is 0. The highest BCUT2D eigenvalue weighted by Gasteiger charge is 2.19. The molecular weight excluding hydrogens is 218 g/mol. The molecule has 0 aromatic heterocycles. The first-order chi connectivity index (χ1) is 8.16. The molecule has 1 N–H and O–H groups in total. The fourth-order valence-electron chi connectivity index (χ4n) is 2.22. The molecule has 0 bridgehead atoms. The van der Waals surface area contributed by atoms with Gasteiger partial charge in [-0.1, -0.05) is 18.2 Å². The van der Waals surface area contributed by atoms with Gasteiger partial charge >= 0.3 is 0 Å². The first-order valence-corrected chi connectivity index (χ1v) is 5.85. The number of hydrogen-bond donors (Lipinski definition) is 1. The zero-order valence-electron chi connectivity index (χ0n) is 9.93. The lowest BCUT2D eigenvalue weighted by Gasteiger charge is -2.31. The third kappa shape index (κ3) is 3.01. The molecule has 5 heteroatoms. The molecule has 92 valence electrons. The van der Waals surface area contributed by atoms with Gasteiger partial charge in [-0.2, -0.15) is 0 Å². The third-order valence-electron chi connectivity index (χ3n) is 3.04. The Bertz CT molecular complexity index is 408. The van der Waals surface area contributed by atoms with E-state index in [1.807, 2.05) is 12.1 Å². The van der Waals surface area contributed by atoms with Crippen LogP contribution in [0.25, 0.3) is 0 Å². The normalized spacial score (nSPS) is 21.4. The standard InChI is InChI=1S/C12H17N3O2/c1-10-8-14(7-6-13-10)9-11-4-2-3-5-12(11)15(16)17/h2-5,10,13H,6-9H2,1H3. The molecule has 0 saturated carbocycles. The molecule has 0 aliphatic carbocycles. The molecule has 1 saturated heterocycles. The molecule has 1 aliphatic heterocycles. The van der Waals surface area contributed by atoms with Gasteiger partial charge in [-0.25, -0.2) is 0 Å². The van der Waals surface area contributed by atoms with Crippen LogP contribution in [-0.4, -0.2) is 35.5 Å². The Morgan fingerprint density at radius 3 is 3.00 bits per heavy atom. The quantitative estimate of drug-likeness (QED) is 0.635. The van der Waals surface area contributed by atoms with Crippen molar-refractivity contribution in [3.05, 3.63) is 39.9 Å². The van der Waals surface area contributed by atoms with Gasteiger partial charge in [0.1, 0.15) is 0 Å². The predicted octanol–water partition coefficient (Wildman–Crippen LogP) is 1.39. The summed E-state index contributed by atoms with van der Waals surface area (Å²) in [5.74, 6) is 0. The molecule has 0 amide bonds. The first-order valence-electron chi connectivity index (χ1n) is 5.85. The molecule has 0 spiro atoms. The maximum absolute atomic E-state index is 10.9. The summed E-state index contributed by atoms with van der Waals surface area (Å²) in [7, 11) is 0. The van der Waals surface area contributed by atoms with Gasteiger partial charge in [-0.05, 0) is 6.92 Å². The highest BCUT2D eigenvalue weighted by Crippen LogP contribution is 2.19. The van der Waals surface area contributed by atoms with Crippen LogP contribution in [-0.2, 0) is 6.54 Å². The Kier molecular flexibility index (Phi) is 3.71. The molecule has 1 fully saturated rings. The van der Waals surface area contributed by atoms with E-state index in [0.29, 0.717) is 12.6 Å². The second-order valence-corrected chi connectivity index (χ2v) is 4.48. The van der Waals surface area contributed by atoms with Crippen molar-refractivity contribution in [2.45, 2.75) is 19.5 Å². The van der Waals surface area contributed by atoms with Crippen LogP contribution < -0.4 is 5.32 Å². The van der Waals surface area contributed by atoms with Gasteiger partial charge in [-0.15, -0.1) is 0 Å². The van der Waals surface area contributed by atoms with Gasteiger partial charge < -0.3 is 5.32 Å². The van der Waals surface area contributed by atoms with Crippen LogP contribution in [0.4, 0.5) is 5.69 Å². The van der Waals surface area contributed by atoms with Crippen LogP contribution in [0.2, 0.25) is 0 Å². The van der Waals surface area contributed by atoms with Crippen molar-refractivity contribution in [3.63, 3.8) is 0 Å². The minimum atomic E-state index is -0.305. The maximum atomic E-state index is 10.9. The molecular formula is C12H17N3O2. The van der Waals surface area contributed by atoms with Crippen LogP contribution in [0.15, 0.2) is 24.3 Å². The fourth-order valence-corrected chi connectivity index (χ4v) is 2.22. The maximum Gasteiger partial charge on any atom is 0.273 e. The van der Waals surface area contributed by atoms with E-state index in [1.165, 1.54) is 0 Å². The summed E-state index contributed by atoms with van der Waals surface area (Å²) in [5.41, 5.74) is 1.02. The molecule has 0 radical (unpaired) electrons. The molecule has 1 unspecified atom stereocenters. The van der Waals surface area contributed by atoms with Gasteiger partial charge in [0.25, 0.3) is 5.69 Å². The van der Waals surface area contributed by atoms with E-state index in [-0.39, 0.29) is 10.6 Å². The van der Waals surface area contributed by atoms with Crippen molar-refractivity contribution in [3.8, 4) is 0 Å². The Morgan fingerprint density at radius 2 is 2.29 bits per heavy atom. The Balaban J connectivity index is 2.10. The zero-order valence-corrected chi connectivity index (χ0v) is 9.93. The van der Waals surface area contributed by atoms with Crippen LogP contribution in [0, 0.1) is 10.1 Å². The number of rotatable bonds is 3. The lowest BCUT2D eigenvalue weighted by Crippen LogP contribution is -2.48. The van der Waals surface area contributed by atoms with E-state index in [1.54, 1.807) is 12.1 Å². The van der Waals surface area contributed by atoms with Gasteiger partial charge in [0.05, 0.1) is 4.92 Å². The molecule has 1 aromatic carbocycles. The molecule has 1 aliphatic rings. The molecule has 2 rings (SSSR count). The van der Waals surface area contributed by atoms with Crippen LogP contribution in [0.3, 0.4) is 0 Å². The topological polar surface area (TPSA) is 58.4 Å². The Morgan fingerprint density at radius 1 is 1.53 bits per heavy atom. The van der Waals surface area contributed by atoms with Gasteiger partial charge in [0.15, 0.2) is 0 Å². The number of benzene rings is 1. The number of nitro groups is 1. The van der Waals surface area contributed by atoms with Crippen molar-refractivity contribution in [2.24, 2.45) is 0 Å². The number of nitro benzene ring substituents is 1. The minimum absolute atomic E-state index is 0.221. The molecule has 17 heavy (non-hydrogen) atoms. The minimum Gasteiger partial charge on any atom is -0.312 e. The third-order valence-corrected chi connectivity index (χ3v) is 3.04. The predicted molar refractivity (Wildman–Crippen MR) is 65.8 cm³/mol. The molecule has 1 atom stereocenters. The smallest absolute Gasteiger partial charge is 0.273 e. The zero-order chi connectivity index (χ0) is 12.3. The van der Waals surface area contributed by atoms with Crippen molar-refractivity contribution in [2.75, 3.05) is 19.6 Å². The van der Waals surface area contributed by atoms with E-state index >= 15 is 0 Å². The lowest BCUT2D eigenvalue weighted by atomic mass is 10.1. The summed E-state index contributed by atoms with van der Waals surface area (Å²) in [6.07, 6.45) is 0. The SMILES string of the molecule is CC1CN(Cc2ccccc2[N+](=O)[O-])CCN1. The number of para-hydroxylation sites is 1. The molecule has 1 aromatic rings. The fraction of sp³-hybridized carbons (Fsp3) is 0.500. The van der Waals surface area contributed by atoms with Crippen molar-refractivity contribution >= 4 is 5.69 Å². The van der Waals surface area contributed by atoms with Gasteiger partial charge in [0, 0.05) is 43.9 Å². The van der Waals surface area contributed by atoms with Crippen LogP contribution >= 0.6 is 0 Å². The molecule has 5 nitrogen and oxygen atoms in total. The Hall–Kier alpha value is -1.46. The largest absolute Gasteiger partial charge is 0.312 e. The van der Waals surface area contributed by atoms with Crippen LogP contribution in [0.5, 0.6) is 0 Å². The summed E-state index contributed by atoms with van der Waals surface area (Å²) in [4.78, 5) is 12.9. The van der Waals surface area contributed by atoms with E-state index in [4.69, 9.17) is 0 Å². The van der Waals surface area contributed by atoms with Gasteiger partial charge in [0.2, 0.25) is 0 Å². The average Bonchev–Trinajstić information content (AvgIpc) is 2.29. The van der Waals surface area contributed by atoms with Gasteiger partial charge in [-0.3, -0.25) is 15.0 Å². The number of piperazine rings is 1. The lowest BCUT2D eigenvalue weighted by molar-refractivity contribution is -0.385. The summed E-state index contributed by atoms with van der Waals surface area (Å²) in [6.45, 7) is 5.61. The number of nitrogens with zero attached hydrogens (tertiary/aromatic N) is 2. The van der Waals surface area contributed by atoms with Crippen molar-refractivity contribution < 1.29 is 4.92 Å². The monoisotopic (exact) mass is 235 g/mol. The second-order valence-electron chi connectivity index (χ2n) is 4.48. The number of nitrogens with one attached hydrogen (secondary N) is 1. The van der Waals surface area contributed by atoms with E-state index in [2.05, 4.69) is 17.1 Å². The van der Waals surface area contributed by atoms with Crippen LogP contribution in [0.1, 0.15) is 12.5 Å². The highest BCUT2D eigenvalue weighted by molar-refractivity contribution is 5.39.